The Hall–Kier alpha value is -2.53. The van der Waals surface area contributed by atoms with Crippen LogP contribution in [0.1, 0.15) is 5.56 Å². The minimum atomic E-state index is -0.251. The number of phenolic OH excluding ortho intramolecular Hbond substituents is 1. The number of amidine groups is 1. The Morgan fingerprint density at radius 2 is 1.71 bits per heavy atom. The molecular formula is C16H12N2O2S. The number of para-hydroxylation sites is 2. The fourth-order valence-electron chi connectivity index (χ4n) is 2.05. The summed E-state index contributed by atoms with van der Waals surface area (Å²) in [5.41, 5.74) is 1.23. The molecule has 0 saturated carbocycles. The number of anilines is 1. The minimum absolute atomic E-state index is 0.114. The van der Waals surface area contributed by atoms with Crippen LogP contribution in [0.2, 0.25) is 0 Å². The van der Waals surface area contributed by atoms with Gasteiger partial charge in [0.25, 0.3) is 5.91 Å². The Labute approximate surface area is 126 Å². The van der Waals surface area contributed by atoms with E-state index in [-0.39, 0.29) is 16.8 Å². The Morgan fingerprint density at radius 1 is 1.05 bits per heavy atom. The van der Waals surface area contributed by atoms with Gasteiger partial charge in [-0.1, -0.05) is 36.4 Å². The topological polar surface area (TPSA) is 64.4 Å². The van der Waals surface area contributed by atoms with Crippen LogP contribution in [-0.4, -0.2) is 16.2 Å². The smallest absolute Gasteiger partial charge is 0.271 e. The first-order chi connectivity index (χ1) is 10.2. The Kier molecular flexibility index (Phi) is 3.50. The number of carbonyl (C=O) groups is 1. The van der Waals surface area contributed by atoms with Crippen molar-refractivity contribution in [1.82, 2.24) is 0 Å². The summed E-state index contributed by atoms with van der Waals surface area (Å²) in [7, 11) is 0. The van der Waals surface area contributed by atoms with Gasteiger partial charge in [-0.05, 0) is 36.0 Å². The molecule has 1 amide bonds. The quantitative estimate of drug-likeness (QED) is 0.834. The monoisotopic (exact) mass is 296 g/mol. The van der Waals surface area contributed by atoms with Crippen LogP contribution in [-0.2, 0) is 4.79 Å². The minimum Gasteiger partial charge on any atom is -0.507 e. The molecule has 0 aromatic heterocycles. The fourth-order valence-corrected chi connectivity index (χ4v) is 2.90. The second-order valence-electron chi connectivity index (χ2n) is 4.45. The van der Waals surface area contributed by atoms with E-state index in [1.807, 2.05) is 18.2 Å². The van der Waals surface area contributed by atoms with E-state index in [9.17, 15) is 9.90 Å². The molecule has 0 atom stereocenters. The third kappa shape index (κ3) is 2.55. The number of hydrogen-bond acceptors (Lipinski definition) is 4. The van der Waals surface area contributed by atoms with Crippen LogP contribution in [0.3, 0.4) is 0 Å². The predicted octanol–water partition coefficient (Wildman–Crippen LogP) is 3.45. The molecular weight excluding hydrogens is 284 g/mol. The van der Waals surface area contributed by atoms with Gasteiger partial charge in [0.2, 0.25) is 0 Å². The van der Waals surface area contributed by atoms with Gasteiger partial charge < -0.3 is 5.11 Å². The summed E-state index contributed by atoms with van der Waals surface area (Å²) in [5.74, 6) is -0.137. The largest absolute Gasteiger partial charge is 0.507 e. The summed E-state index contributed by atoms with van der Waals surface area (Å²) < 4.78 is 0. The van der Waals surface area contributed by atoms with Gasteiger partial charge in [-0.15, -0.1) is 0 Å². The number of hydrogen-bond donors (Lipinski definition) is 2. The molecule has 2 aromatic rings. The van der Waals surface area contributed by atoms with E-state index in [1.165, 1.54) is 4.90 Å². The molecule has 0 unspecified atom stereocenters. The molecule has 1 fully saturated rings. The highest BCUT2D eigenvalue weighted by atomic mass is 32.2. The normalized spacial score (nSPS) is 16.8. The maximum Gasteiger partial charge on any atom is 0.271 e. The molecule has 104 valence electrons. The standard InChI is InChI=1S/C16H12N2O2S/c17-16-18(12-7-2-1-3-8-12)15(20)14(21-16)10-11-6-4-5-9-13(11)19/h1-10,17,19H/b14-10+,17-16?. The molecule has 5 heteroatoms. The van der Waals surface area contributed by atoms with Gasteiger partial charge in [-0.25, -0.2) is 0 Å². The van der Waals surface area contributed by atoms with Crippen LogP contribution in [0, 0.1) is 5.41 Å². The number of phenols is 1. The van der Waals surface area contributed by atoms with Crippen LogP contribution in [0.4, 0.5) is 5.69 Å². The van der Waals surface area contributed by atoms with Gasteiger partial charge in [-0.2, -0.15) is 0 Å². The molecule has 1 aliphatic rings. The van der Waals surface area contributed by atoms with Crippen molar-refractivity contribution in [3.05, 3.63) is 65.1 Å². The number of thioether (sulfide) groups is 1. The average Bonchev–Trinajstić information content (AvgIpc) is 2.77. The lowest BCUT2D eigenvalue weighted by atomic mass is 10.2. The molecule has 1 heterocycles. The lowest BCUT2D eigenvalue weighted by Gasteiger charge is -2.13. The van der Waals surface area contributed by atoms with E-state index in [2.05, 4.69) is 0 Å². The van der Waals surface area contributed by atoms with Crippen LogP contribution in [0.25, 0.3) is 6.08 Å². The van der Waals surface area contributed by atoms with Crippen molar-refractivity contribution in [2.45, 2.75) is 0 Å². The summed E-state index contributed by atoms with van der Waals surface area (Å²) in [6.07, 6.45) is 1.61. The lowest BCUT2D eigenvalue weighted by Crippen LogP contribution is -2.27. The zero-order valence-corrected chi connectivity index (χ0v) is 11.8. The third-order valence-corrected chi connectivity index (χ3v) is 3.95. The molecule has 2 N–H and O–H groups in total. The summed E-state index contributed by atoms with van der Waals surface area (Å²) >= 11 is 1.09. The van der Waals surface area contributed by atoms with Gasteiger partial charge in [-0.3, -0.25) is 15.1 Å². The number of rotatable bonds is 2. The second-order valence-corrected chi connectivity index (χ2v) is 5.48. The third-order valence-electron chi connectivity index (χ3n) is 3.06. The van der Waals surface area contributed by atoms with Crippen molar-refractivity contribution in [1.29, 1.82) is 5.41 Å². The van der Waals surface area contributed by atoms with Gasteiger partial charge in [0.05, 0.1) is 10.6 Å². The van der Waals surface area contributed by atoms with Crippen LogP contribution < -0.4 is 4.90 Å². The first-order valence-corrected chi connectivity index (χ1v) is 7.14. The fraction of sp³-hybridized carbons (Fsp3) is 0. The van der Waals surface area contributed by atoms with E-state index in [4.69, 9.17) is 5.41 Å². The average molecular weight is 296 g/mol. The van der Waals surface area contributed by atoms with Crippen molar-refractivity contribution in [3.63, 3.8) is 0 Å². The molecule has 0 bridgehead atoms. The molecule has 2 aromatic carbocycles. The lowest BCUT2D eigenvalue weighted by molar-refractivity contribution is -0.113. The zero-order chi connectivity index (χ0) is 14.8. The summed E-state index contributed by atoms with van der Waals surface area (Å²) in [4.78, 5) is 14.2. The van der Waals surface area contributed by atoms with E-state index in [0.29, 0.717) is 16.2 Å². The van der Waals surface area contributed by atoms with Crippen molar-refractivity contribution in [2.75, 3.05) is 4.90 Å². The van der Waals surface area contributed by atoms with Crippen molar-refractivity contribution < 1.29 is 9.90 Å². The zero-order valence-electron chi connectivity index (χ0n) is 11.0. The van der Waals surface area contributed by atoms with Crippen molar-refractivity contribution in [2.24, 2.45) is 0 Å². The predicted molar refractivity (Wildman–Crippen MR) is 85.3 cm³/mol. The number of carbonyl (C=O) groups excluding carboxylic acids is 1. The summed E-state index contributed by atoms with van der Waals surface area (Å²) in [6.45, 7) is 0. The molecule has 0 radical (unpaired) electrons. The van der Waals surface area contributed by atoms with Gasteiger partial charge in [0.15, 0.2) is 5.17 Å². The molecule has 0 spiro atoms. The maximum atomic E-state index is 12.4. The van der Waals surface area contributed by atoms with Gasteiger partial charge in [0, 0.05) is 5.56 Å². The van der Waals surface area contributed by atoms with E-state index >= 15 is 0 Å². The van der Waals surface area contributed by atoms with Gasteiger partial charge >= 0.3 is 0 Å². The number of nitrogens with one attached hydrogen (secondary N) is 1. The first kappa shape index (κ1) is 13.5. The molecule has 1 aliphatic heterocycles. The van der Waals surface area contributed by atoms with Crippen LogP contribution in [0.15, 0.2) is 59.5 Å². The first-order valence-electron chi connectivity index (χ1n) is 6.32. The highest BCUT2D eigenvalue weighted by Crippen LogP contribution is 2.35. The Balaban J connectivity index is 1.96. The summed E-state index contributed by atoms with van der Waals surface area (Å²) in [5, 5.41) is 17.9. The summed E-state index contributed by atoms with van der Waals surface area (Å²) in [6, 6.07) is 15.9. The van der Waals surface area contributed by atoms with Gasteiger partial charge in [0.1, 0.15) is 5.75 Å². The van der Waals surface area contributed by atoms with Crippen molar-refractivity contribution >= 4 is 34.6 Å². The highest BCUT2D eigenvalue weighted by molar-refractivity contribution is 8.19. The number of nitrogens with zero attached hydrogens (tertiary/aromatic N) is 1. The number of amides is 1. The molecule has 3 rings (SSSR count). The SMILES string of the molecule is N=C1S/C(=C/c2ccccc2O)C(=O)N1c1ccccc1. The highest BCUT2D eigenvalue weighted by Gasteiger charge is 2.33. The Morgan fingerprint density at radius 3 is 2.43 bits per heavy atom. The molecule has 21 heavy (non-hydrogen) atoms. The molecule has 0 aliphatic carbocycles. The van der Waals surface area contributed by atoms with E-state index in [1.54, 1.807) is 42.5 Å². The maximum absolute atomic E-state index is 12.4. The van der Waals surface area contributed by atoms with Crippen LogP contribution >= 0.6 is 11.8 Å². The Bertz CT molecular complexity index is 741. The second kappa shape index (κ2) is 5.46. The number of benzene rings is 2. The van der Waals surface area contributed by atoms with E-state index in [0.717, 1.165) is 11.8 Å². The number of aromatic hydroxyl groups is 1. The van der Waals surface area contributed by atoms with Crippen LogP contribution in [0.5, 0.6) is 5.75 Å². The molecule has 1 saturated heterocycles. The van der Waals surface area contributed by atoms with E-state index < -0.39 is 0 Å². The molecule has 4 nitrogen and oxygen atoms in total. The van der Waals surface area contributed by atoms with Crippen molar-refractivity contribution in [3.8, 4) is 5.75 Å².